The smallest absolute Gasteiger partial charge is 0.336 e. The molecule has 2 aliphatic rings. The molecular formula is C20H23NO6. The second-order valence-corrected chi connectivity index (χ2v) is 7.28. The van der Waals surface area contributed by atoms with E-state index in [-0.39, 0.29) is 18.6 Å². The van der Waals surface area contributed by atoms with Gasteiger partial charge in [0.1, 0.15) is 16.9 Å². The number of carbonyl (C=O) groups is 1. The fourth-order valence-electron chi connectivity index (χ4n) is 3.83. The molecule has 2 atom stereocenters. The number of rotatable bonds is 3. The van der Waals surface area contributed by atoms with Crippen molar-refractivity contribution in [3.63, 3.8) is 0 Å². The van der Waals surface area contributed by atoms with Crippen molar-refractivity contribution in [2.45, 2.75) is 31.5 Å². The Morgan fingerprint density at radius 1 is 1.33 bits per heavy atom. The molecule has 0 radical (unpaired) electrons. The Bertz CT molecular complexity index is 885. The minimum atomic E-state index is -0.418. The zero-order valence-electron chi connectivity index (χ0n) is 15.3. The van der Waals surface area contributed by atoms with E-state index in [9.17, 15) is 9.59 Å². The van der Waals surface area contributed by atoms with Gasteiger partial charge in [-0.1, -0.05) is 0 Å². The summed E-state index contributed by atoms with van der Waals surface area (Å²) in [4.78, 5) is 25.8. The number of benzene rings is 1. The molecule has 0 saturated carbocycles. The maximum atomic E-state index is 12.7. The van der Waals surface area contributed by atoms with Crippen molar-refractivity contribution in [2.75, 3.05) is 32.9 Å². The minimum Gasteiger partial charge on any atom is -0.484 e. The Hall–Kier alpha value is -2.38. The van der Waals surface area contributed by atoms with E-state index < -0.39 is 11.2 Å². The number of morpholine rings is 1. The van der Waals surface area contributed by atoms with Gasteiger partial charge in [-0.3, -0.25) is 4.79 Å². The largest absolute Gasteiger partial charge is 0.484 e. The zero-order valence-corrected chi connectivity index (χ0v) is 15.3. The van der Waals surface area contributed by atoms with Crippen molar-refractivity contribution in [1.82, 2.24) is 4.90 Å². The molecule has 27 heavy (non-hydrogen) atoms. The van der Waals surface area contributed by atoms with Gasteiger partial charge in [0.05, 0.1) is 19.3 Å². The van der Waals surface area contributed by atoms with Crippen LogP contribution >= 0.6 is 0 Å². The molecule has 144 valence electrons. The highest BCUT2D eigenvalue weighted by Crippen LogP contribution is 2.30. The van der Waals surface area contributed by atoms with Gasteiger partial charge in [0.2, 0.25) is 0 Å². The number of fused-ring (bicyclic) bond motifs is 1. The Morgan fingerprint density at radius 2 is 2.19 bits per heavy atom. The van der Waals surface area contributed by atoms with Gasteiger partial charge in [-0.2, -0.15) is 0 Å². The minimum absolute atomic E-state index is 0.0423. The Morgan fingerprint density at radius 3 is 3.00 bits per heavy atom. The summed E-state index contributed by atoms with van der Waals surface area (Å²) >= 11 is 0. The molecule has 1 aromatic heterocycles. The first-order chi connectivity index (χ1) is 13.0. The van der Waals surface area contributed by atoms with Crippen molar-refractivity contribution in [3.8, 4) is 5.75 Å². The molecule has 1 spiro atoms. The van der Waals surface area contributed by atoms with Crippen LogP contribution < -0.4 is 10.4 Å². The van der Waals surface area contributed by atoms with Gasteiger partial charge in [0, 0.05) is 30.7 Å². The summed E-state index contributed by atoms with van der Waals surface area (Å²) in [6, 6.07) is 8.24. The van der Waals surface area contributed by atoms with Crippen LogP contribution in [0.15, 0.2) is 39.5 Å². The molecule has 0 aliphatic carbocycles. The fraction of sp³-hybridized carbons (Fsp3) is 0.500. The van der Waals surface area contributed by atoms with E-state index in [2.05, 4.69) is 0 Å². The summed E-state index contributed by atoms with van der Waals surface area (Å²) < 4.78 is 22.5. The summed E-state index contributed by atoms with van der Waals surface area (Å²) in [5.74, 6) is 0.395. The second kappa shape index (κ2) is 7.32. The van der Waals surface area contributed by atoms with Gasteiger partial charge in [0.25, 0.3) is 5.91 Å². The van der Waals surface area contributed by atoms with Crippen LogP contribution in [0.3, 0.4) is 0 Å². The maximum Gasteiger partial charge on any atom is 0.336 e. The van der Waals surface area contributed by atoms with Gasteiger partial charge in [-0.15, -0.1) is 0 Å². The van der Waals surface area contributed by atoms with Crippen LogP contribution in [0.4, 0.5) is 0 Å². The van der Waals surface area contributed by atoms with Crippen LogP contribution in [0.1, 0.15) is 19.8 Å². The molecule has 0 bridgehead atoms. The van der Waals surface area contributed by atoms with E-state index in [1.54, 1.807) is 29.2 Å². The molecule has 0 N–H and O–H groups in total. The van der Waals surface area contributed by atoms with Crippen LogP contribution in [0.2, 0.25) is 0 Å². The number of carbonyl (C=O) groups excluding carboxylic acids is 1. The Labute approximate surface area is 156 Å². The number of hydrogen-bond donors (Lipinski definition) is 0. The molecule has 4 rings (SSSR count). The first-order valence-corrected chi connectivity index (χ1v) is 9.23. The van der Waals surface area contributed by atoms with Crippen molar-refractivity contribution < 1.29 is 23.4 Å². The Kier molecular flexibility index (Phi) is 4.88. The molecule has 2 fully saturated rings. The van der Waals surface area contributed by atoms with Crippen LogP contribution in [-0.2, 0) is 14.3 Å². The van der Waals surface area contributed by atoms with Gasteiger partial charge in [-0.25, -0.2) is 4.79 Å². The van der Waals surface area contributed by atoms with Crippen molar-refractivity contribution in [2.24, 2.45) is 0 Å². The molecule has 2 saturated heterocycles. The number of nitrogens with zero attached hydrogens (tertiary/aromatic N) is 1. The zero-order chi connectivity index (χ0) is 18.9. The molecule has 7 heteroatoms. The summed E-state index contributed by atoms with van der Waals surface area (Å²) in [6.45, 7) is 4.22. The SMILES string of the molecule is C[C@H]1CN(C(=O)COc2ccc3ccc(=O)oc3c2)C[C@]2(CCCOC2)O1. The monoisotopic (exact) mass is 373 g/mol. The summed E-state index contributed by atoms with van der Waals surface area (Å²) in [7, 11) is 0. The predicted octanol–water partition coefficient (Wildman–Crippen LogP) is 1.97. The van der Waals surface area contributed by atoms with Gasteiger partial charge in [0.15, 0.2) is 6.61 Å². The number of hydrogen-bond acceptors (Lipinski definition) is 6. The highest BCUT2D eigenvalue weighted by atomic mass is 16.6. The number of ether oxygens (including phenoxy) is 3. The van der Waals surface area contributed by atoms with E-state index >= 15 is 0 Å². The third-order valence-electron chi connectivity index (χ3n) is 5.00. The third kappa shape index (κ3) is 3.99. The van der Waals surface area contributed by atoms with Crippen LogP contribution in [0.25, 0.3) is 11.0 Å². The van der Waals surface area contributed by atoms with E-state index in [1.807, 2.05) is 6.92 Å². The molecule has 3 heterocycles. The topological polar surface area (TPSA) is 78.2 Å². The first kappa shape index (κ1) is 18.0. The van der Waals surface area contributed by atoms with Gasteiger partial charge in [-0.05, 0) is 38.0 Å². The maximum absolute atomic E-state index is 12.7. The lowest BCUT2D eigenvalue weighted by Crippen LogP contribution is -2.60. The fourth-order valence-corrected chi connectivity index (χ4v) is 3.83. The van der Waals surface area contributed by atoms with Gasteiger partial charge >= 0.3 is 5.63 Å². The second-order valence-electron chi connectivity index (χ2n) is 7.28. The summed E-state index contributed by atoms with van der Waals surface area (Å²) in [5.41, 5.74) is -0.387. The highest BCUT2D eigenvalue weighted by Gasteiger charge is 2.42. The van der Waals surface area contributed by atoms with Crippen LogP contribution in [0.5, 0.6) is 5.75 Å². The average molecular weight is 373 g/mol. The number of amides is 1. The van der Waals surface area contributed by atoms with E-state index in [4.69, 9.17) is 18.6 Å². The molecule has 1 amide bonds. The first-order valence-electron chi connectivity index (χ1n) is 9.23. The normalized spacial score (nSPS) is 25.7. The third-order valence-corrected chi connectivity index (χ3v) is 5.00. The quantitative estimate of drug-likeness (QED) is 0.766. The van der Waals surface area contributed by atoms with E-state index in [0.717, 1.165) is 24.8 Å². The molecule has 2 aliphatic heterocycles. The van der Waals surface area contributed by atoms with E-state index in [0.29, 0.717) is 31.0 Å². The van der Waals surface area contributed by atoms with Crippen molar-refractivity contribution >= 4 is 16.9 Å². The summed E-state index contributed by atoms with van der Waals surface area (Å²) in [5, 5.41) is 0.800. The molecular weight excluding hydrogens is 350 g/mol. The van der Waals surface area contributed by atoms with Crippen LogP contribution in [0, 0.1) is 0 Å². The van der Waals surface area contributed by atoms with Crippen molar-refractivity contribution in [1.29, 1.82) is 0 Å². The summed E-state index contributed by atoms with van der Waals surface area (Å²) in [6.07, 6.45) is 1.79. The Balaban J connectivity index is 1.42. The lowest BCUT2D eigenvalue weighted by atomic mass is 9.93. The molecule has 1 aromatic carbocycles. The van der Waals surface area contributed by atoms with Gasteiger partial charge < -0.3 is 23.5 Å². The van der Waals surface area contributed by atoms with E-state index in [1.165, 1.54) is 6.07 Å². The lowest BCUT2D eigenvalue weighted by Gasteiger charge is -2.47. The molecule has 7 nitrogen and oxygen atoms in total. The standard InChI is InChI=1S/C20H23NO6/c1-14-10-21(12-20(27-14)7-2-8-24-13-20)18(22)11-25-16-5-3-15-4-6-19(23)26-17(15)9-16/h3-6,9,14H,2,7-8,10-13H2,1H3/t14-,20-/m0/s1. The highest BCUT2D eigenvalue weighted by molar-refractivity contribution is 5.79. The van der Waals surface area contributed by atoms with Crippen LogP contribution in [-0.4, -0.2) is 55.4 Å². The predicted molar refractivity (Wildman–Crippen MR) is 97.9 cm³/mol. The molecule has 2 aromatic rings. The van der Waals surface area contributed by atoms with Crippen molar-refractivity contribution in [3.05, 3.63) is 40.8 Å². The average Bonchev–Trinajstić information content (AvgIpc) is 2.65. The lowest BCUT2D eigenvalue weighted by molar-refractivity contribution is -0.199. The molecule has 0 unspecified atom stereocenters.